The van der Waals surface area contributed by atoms with Crippen LogP contribution in [-0.4, -0.2) is 25.4 Å². The van der Waals surface area contributed by atoms with Crippen LogP contribution >= 0.6 is 0 Å². The Kier molecular flexibility index (Phi) is 9.40. The molecule has 0 aromatic heterocycles. The van der Waals surface area contributed by atoms with Crippen LogP contribution in [0.15, 0.2) is 36.4 Å². The van der Waals surface area contributed by atoms with E-state index < -0.39 is 15.7 Å². The third-order valence-electron chi connectivity index (χ3n) is 7.68. The molecule has 2 rings (SSSR count). The quantitative estimate of drug-likeness (QED) is 0.331. The Morgan fingerprint density at radius 1 is 0.882 bits per heavy atom. The number of benzene rings is 2. The number of rotatable bonds is 12. The standard InChI is InChI=1S/C29H44O4S/c1-9-28(30,10-2)20-21(5)17-24-13-14-25(18-22(24)6)29(11-3,12-4)26-15-16-27(23(7)19-26)33-34(8,31)32/h13-16,18-19,21,30H,9-12,17,20H2,1-8H3. The van der Waals surface area contributed by atoms with Gasteiger partial charge in [0, 0.05) is 5.41 Å². The molecule has 0 aliphatic rings. The van der Waals surface area contributed by atoms with Gasteiger partial charge in [-0.1, -0.05) is 65.0 Å². The van der Waals surface area contributed by atoms with Crippen molar-refractivity contribution in [2.45, 2.75) is 98.0 Å². The molecule has 1 atom stereocenters. The van der Waals surface area contributed by atoms with Gasteiger partial charge in [0.25, 0.3) is 0 Å². The second-order valence-electron chi connectivity index (χ2n) is 10.1. The third-order valence-corrected chi connectivity index (χ3v) is 8.17. The SMILES string of the molecule is CCC(O)(CC)CC(C)Cc1ccc(C(CC)(CC)c2ccc(OS(C)(=O)=O)c(C)c2)cc1C. The number of hydrogen-bond acceptors (Lipinski definition) is 4. The summed E-state index contributed by atoms with van der Waals surface area (Å²) < 4.78 is 28.3. The van der Waals surface area contributed by atoms with E-state index in [1.165, 1.54) is 22.3 Å². The van der Waals surface area contributed by atoms with Crippen molar-refractivity contribution in [3.8, 4) is 5.75 Å². The summed E-state index contributed by atoms with van der Waals surface area (Å²) >= 11 is 0. The van der Waals surface area contributed by atoms with Gasteiger partial charge in [0.15, 0.2) is 0 Å². The van der Waals surface area contributed by atoms with Gasteiger partial charge in [-0.15, -0.1) is 0 Å². The summed E-state index contributed by atoms with van der Waals surface area (Å²) in [4.78, 5) is 0. The van der Waals surface area contributed by atoms with Crippen molar-refractivity contribution in [2.75, 3.05) is 6.26 Å². The Morgan fingerprint density at radius 2 is 1.41 bits per heavy atom. The van der Waals surface area contributed by atoms with Crippen molar-refractivity contribution < 1.29 is 17.7 Å². The lowest BCUT2D eigenvalue weighted by Gasteiger charge is -2.34. The zero-order chi connectivity index (χ0) is 25.7. The lowest BCUT2D eigenvalue weighted by molar-refractivity contribution is 0.0101. The van der Waals surface area contributed by atoms with Crippen LogP contribution in [0.2, 0.25) is 0 Å². The first-order chi connectivity index (χ1) is 15.8. The average molecular weight is 489 g/mol. The molecular weight excluding hydrogens is 444 g/mol. The molecule has 0 aliphatic heterocycles. The number of aryl methyl sites for hydroxylation is 2. The molecular formula is C29H44O4S. The summed E-state index contributed by atoms with van der Waals surface area (Å²) in [5.41, 5.74) is 5.15. The molecule has 34 heavy (non-hydrogen) atoms. The molecule has 0 fully saturated rings. The van der Waals surface area contributed by atoms with Gasteiger partial charge in [-0.2, -0.15) is 8.42 Å². The smallest absolute Gasteiger partial charge is 0.306 e. The zero-order valence-corrected chi connectivity index (χ0v) is 23.2. The van der Waals surface area contributed by atoms with Gasteiger partial charge in [0.2, 0.25) is 0 Å². The van der Waals surface area contributed by atoms with E-state index in [0.29, 0.717) is 11.7 Å². The minimum atomic E-state index is -3.56. The Hall–Kier alpha value is -1.85. The molecule has 1 N–H and O–H groups in total. The van der Waals surface area contributed by atoms with E-state index in [9.17, 15) is 13.5 Å². The highest BCUT2D eigenvalue weighted by molar-refractivity contribution is 7.86. The highest BCUT2D eigenvalue weighted by atomic mass is 32.2. The van der Waals surface area contributed by atoms with Crippen LogP contribution in [0.25, 0.3) is 0 Å². The van der Waals surface area contributed by atoms with Crippen LogP contribution in [0.3, 0.4) is 0 Å². The maximum absolute atomic E-state index is 11.6. The second kappa shape index (κ2) is 11.3. The summed E-state index contributed by atoms with van der Waals surface area (Å²) in [5, 5.41) is 10.7. The Bertz CT molecular complexity index is 1060. The minimum Gasteiger partial charge on any atom is -0.390 e. The molecule has 1 unspecified atom stereocenters. The third kappa shape index (κ3) is 6.63. The normalized spacial score (nSPS) is 13.7. The van der Waals surface area contributed by atoms with Gasteiger partial charge >= 0.3 is 10.1 Å². The maximum Gasteiger partial charge on any atom is 0.306 e. The molecule has 0 bridgehead atoms. The summed E-state index contributed by atoms with van der Waals surface area (Å²) in [6, 6.07) is 12.7. The van der Waals surface area contributed by atoms with Crippen LogP contribution in [-0.2, 0) is 22.0 Å². The Balaban J connectivity index is 2.38. The van der Waals surface area contributed by atoms with E-state index in [1.54, 1.807) is 6.07 Å². The average Bonchev–Trinajstić information content (AvgIpc) is 2.77. The predicted molar refractivity (Wildman–Crippen MR) is 142 cm³/mol. The molecule has 5 heteroatoms. The van der Waals surface area contributed by atoms with Crippen LogP contribution in [0, 0.1) is 19.8 Å². The zero-order valence-electron chi connectivity index (χ0n) is 22.4. The maximum atomic E-state index is 11.6. The van der Waals surface area contributed by atoms with E-state index in [-0.39, 0.29) is 5.41 Å². The van der Waals surface area contributed by atoms with Crippen molar-refractivity contribution in [1.29, 1.82) is 0 Å². The van der Waals surface area contributed by atoms with Crippen LogP contribution in [0.1, 0.15) is 94.5 Å². The molecule has 2 aromatic carbocycles. The number of hydrogen-bond donors (Lipinski definition) is 1. The van der Waals surface area contributed by atoms with Crippen LogP contribution in [0.4, 0.5) is 0 Å². The molecule has 0 spiro atoms. The van der Waals surface area contributed by atoms with E-state index >= 15 is 0 Å². The summed E-state index contributed by atoms with van der Waals surface area (Å²) in [6.45, 7) is 14.9. The monoisotopic (exact) mass is 488 g/mol. The topological polar surface area (TPSA) is 63.6 Å². The lowest BCUT2D eigenvalue weighted by atomic mass is 9.69. The molecule has 0 heterocycles. The molecule has 2 aromatic rings. The van der Waals surface area contributed by atoms with Gasteiger partial charge in [-0.05, 0) is 92.2 Å². The summed E-state index contributed by atoms with van der Waals surface area (Å²) in [7, 11) is -3.56. The minimum absolute atomic E-state index is 0.159. The first-order valence-corrected chi connectivity index (χ1v) is 14.5. The van der Waals surface area contributed by atoms with Gasteiger partial charge < -0.3 is 9.29 Å². The molecule has 0 radical (unpaired) electrons. The molecule has 190 valence electrons. The largest absolute Gasteiger partial charge is 0.390 e. The van der Waals surface area contributed by atoms with Gasteiger partial charge in [-0.3, -0.25) is 0 Å². The van der Waals surface area contributed by atoms with Gasteiger partial charge in [-0.25, -0.2) is 0 Å². The van der Waals surface area contributed by atoms with E-state index in [2.05, 4.69) is 65.8 Å². The summed E-state index contributed by atoms with van der Waals surface area (Å²) in [5.74, 6) is 0.786. The first-order valence-electron chi connectivity index (χ1n) is 12.7. The fraction of sp³-hybridized carbons (Fsp3) is 0.586. The van der Waals surface area contributed by atoms with E-state index in [4.69, 9.17) is 4.18 Å². The first kappa shape index (κ1) is 28.4. The van der Waals surface area contributed by atoms with Gasteiger partial charge in [0.05, 0.1) is 11.9 Å². The van der Waals surface area contributed by atoms with Gasteiger partial charge in [0.1, 0.15) is 5.75 Å². The molecule has 0 aliphatic carbocycles. The molecule has 0 amide bonds. The fourth-order valence-electron chi connectivity index (χ4n) is 5.29. The molecule has 0 saturated carbocycles. The Morgan fingerprint density at radius 3 is 1.85 bits per heavy atom. The van der Waals surface area contributed by atoms with Crippen LogP contribution < -0.4 is 4.18 Å². The van der Waals surface area contributed by atoms with E-state index in [1.807, 2.05) is 13.0 Å². The summed E-state index contributed by atoms with van der Waals surface area (Å²) in [6.07, 6.45) is 6.28. The van der Waals surface area contributed by atoms with Crippen molar-refractivity contribution in [2.24, 2.45) is 5.92 Å². The van der Waals surface area contributed by atoms with Crippen LogP contribution in [0.5, 0.6) is 5.75 Å². The second-order valence-corrected chi connectivity index (χ2v) is 11.7. The highest BCUT2D eigenvalue weighted by Gasteiger charge is 2.32. The molecule has 4 nitrogen and oxygen atoms in total. The van der Waals surface area contributed by atoms with E-state index in [0.717, 1.165) is 50.3 Å². The van der Waals surface area contributed by atoms with Crippen molar-refractivity contribution >= 4 is 10.1 Å². The predicted octanol–water partition coefficient (Wildman–Crippen LogP) is 6.87. The highest BCUT2D eigenvalue weighted by Crippen LogP contribution is 2.41. The fourth-order valence-corrected chi connectivity index (χ4v) is 5.81. The van der Waals surface area contributed by atoms with Crippen molar-refractivity contribution in [3.05, 3.63) is 64.2 Å². The Labute approximate surface area is 207 Å². The van der Waals surface area contributed by atoms with Crippen molar-refractivity contribution in [3.63, 3.8) is 0 Å². The van der Waals surface area contributed by atoms with Crippen molar-refractivity contribution in [1.82, 2.24) is 0 Å². The molecule has 0 saturated heterocycles. The number of aliphatic hydroxyl groups is 1. The lowest BCUT2D eigenvalue weighted by Crippen LogP contribution is -2.29.